The third kappa shape index (κ3) is 36.3. The van der Waals surface area contributed by atoms with E-state index < -0.39 is 271 Å². The lowest BCUT2D eigenvalue weighted by Crippen LogP contribution is -2.62. The van der Waals surface area contributed by atoms with E-state index in [1.165, 1.54) is 62.1 Å². The first-order valence-electron chi connectivity index (χ1n) is 44.5. The van der Waals surface area contributed by atoms with Crippen molar-refractivity contribution < 1.29 is 107 Å². The number of hydrogen-bond donors (Lipinski definition) is 31. The molecule has 750 valence electrons. The van der Waals surface area contributed by atoms with Crippen molar-refractivity contribution in [2.24, 2.45) is 46.1 Å². The molecule has 0 aliphatic carbocycles. The molecule has 6 rings (SSSR count). The summed E-state index contributed by atoms with van der Waals surface area (Å²) in [6.45, 7) is 5.28. The SMILES string of the molecule is CC(C)[C@H](NC(=O)[C@H](Cc1c[nH]c2ccccc12)NC(=O)[C@H](CCC(N)=O)NC(=O)[C@H](Cc1ccc(O)cc1)NC(=O)[C@H](CCCNC(=N)N)NC(=O)[C@H](C)NC(=O)[C@H](CCCNC(=N)N)NC(=O)[C@H](CCC(N)=O)NC(=O)[C@@H](NC(=O)[C@@H]1CCCN1C(=O)[C@@H](N)Cc1ccc(O)cc1)[C@@H](C)O)C(=O)N[C@@H](CCCNC(=N)N)C(=O)N[C@@H](CS)C(=O)N[C@@H](CC(N)=O)C(=O)N1CCC[C@H]1C(=O)O. The van der Waals surface area contributed by atoms with Crippen molar-refractivity contribution in [1.29, 1.82) is 16.2 Å². The number of carbonyl (C=O) groups excluding carboxylic acids is 17. The van der Waals surface area contributed by atoms with E-state index in [1.807, 2.05) is 0 Å². The van der Waals surface area contributed by atoms with Crippen molar-refractivity contribution in [3.8, 4) is 11.5 Å². The molecular weight excluding hydrogens is 1810 g/mol. The lowest BCUT2D eigenvalue weighted by molar-refractivity contribution is -0.149. The van der Waals surface area contributed by atoms with Crippen LogP contribution in [-0.2, 0) is 106 Å². The number of para-hydroxylation sites is 1. The van der Waals surface area contributed by atoms with Crippen molar-refractivity contribution >= 4 is 148 Å². The van der Waals surface area contributed by atoms with Gasteiger partial charge in [-0.1, -0.05) is 56.3 Å². The number of nitrogens with zero attached hydrogens (tertiary/aromatic N) is 2. The average Bonchev–Trinajstić information content (AvgIpc) is 1.69. The number of H-pyrrole nitrogens is 1. The molecule has 2 saturated heterocycles. The number of amides is 17. The number of fused-ring (bicyclic) bond motifs is 1. The first kappa shape index (κ1) is 111. The number of phenols is 2. The third-order valence-corrected chi connectivity index (χ3v) is 22.9. The Kier molecular flexibility index (Phi) is 44.3. The largest absolute Gasteiger partial charge is 0.508 e. The molecule has 4 aromatic rings. The number of aromatic hydroxyl groups is 2. The van der Waals surface area contributed by atoms with Crippen molar-refractivity contribution in [3.63, 3.8) is 0 Å². The first-order chi connectivity index (χ1) is 64.7. The molecule has 0 radical (unpaired) electrons. The number of aliphatic carboxylic acids is 1. The zero-order valence-corrected chi connectivity index (χ0v) is 77.2. The number of carbonyl (C=O) groups is 18. The molecule has 50 nitrogen and oxygen atoms in total. The van der Waals surface area contributed by atoms with Gasteiger partial charge in [0.25, 0.3) is 0 Å². The summed E-state index contributed by atoms with van der Waals surface area (Å²) < 4.78 is 0. The molecule has 3 aromatic carbocycles. The lowest BCUT2D eigenvalue weighted by Gasteiger charge is -2.30. The van der Waals surface area contributed by atoms with Gasteiger partial charge in [0.05, 0.1) is 18.6 Å². The Bertz CT molecular complexity index is 4970. The fraction of sp³-hybridized carbons (Fsp3) is 0.523. The van der Waals surface area contributed by atoms with E-state index in [0.29, 0.717) is 34.9 Å². The number of primary amides is 3. The van der Waals surface area contributed by atoms with Crippen molar-refractivity contribution in [3.05, 3.63) is 95.7 Å². The van der Waals surface area contributed by atoms with Crippen LogP contribution in [-0.4, -0.2) is 295 Å². The second-order valence-electron chi connectivity index (χ2n) is 33.7. The van der Waals surface area contributed by atoms with Gasteiger partial charge in [-0.05, 0) is 150 Å². The molecule has 17 amide bonds. The van der Waals surface area contributed by atoms with Crippen LogP contribution in [0.15, 0.2) is 79.0 Å². The van der Waals surface area contributed by atoms with Crippen molar-refractivity contribution in [2.75, 3.05) is 38.5 Å². The number of benzene rings is 3. The van der Waals surface area contributed by atoms with Gasteiger partial charge < -0.3 is 155 Å². The summed E-state index contributed by atoms with van der Waals surface area (Å²) in [5, 5.41) is 102. The summed E-state index contributed by atoms with van der Waals surface area (Å²) in [5.41, 5.74) is 41.4. The molecule has 1 aromatic heterocycles. The van der Waals surface area contributed by atoms with Crippen molar-refractivity contribution in [1.82, 2.24) is 94.5 Å². The molecule has 37 N–H and O–H groups in total. The monoisotopic (exact) mass is 1940 g/mol. The second-order valence-corrected chi connectivity index (χ2v) is 34.0. The quantitative estimate of drug-likeness (QED) is 0.00845. The predicted molar refractivity (Wildman–Crippen MR) is 498 cm³/mol. The van der Waals surface area contributed by atoms with Gasteiger partial charge in [0.15, 0.2) is 17.9 Å². The van der Waals surface area contributed by atoms with Gasteiger partial charge in [-0.25, -0.2) is 4.79 Å². The van der Waals surface area contributed by atoms with Gasteiger partial charge in [-0.2, -0.15) is 12.6 Å². The van der Waals surface area contributed by atoms with E-state index in [9.17, 15) is 87.5 Å². The molecule has 2 aliphatic rings. The molecule has 3 heterocycles. The molecule has 0 saturated carbocycles. The van der Waals surface area contributed by atoms with Crippen LogP contribution >= 0.6 is 12.6 Å². The summed E-state index contributed by atoms with van der Waals surface area (Å²) in [6.07, 6.45) is -3.99. The summed E-state index contributed by atoms with van der Waals surface area (Å²) in [4.78, 5) is 258. The highest BCUT2D eigenvalue weighted by atomic mass is 32.1. The van der Waals surface area contributed by atoms with Crippen LogP contribution in [0.4, 0.5) is 0 Å². The Balaban J connectivity index is 1.25. The zero-order valence-electron chi connectivity index (χ0n) is 76.3. The number of carboxylic acid groups (broad SMARTS) is 1. The predicted octanol–water partition coefficient (Wildman–Crippen LogP) is -8.00. The number of phenolic OH excluding ortho intramolecular Hbond substituents is 2. The topological polar surface area (TPSA) is 845 Å². The Labute approximate surface area is 793 Å². The number of aliphatic hydroxyl groups excluding tert-OH is 1. The Morgan fingerprint density at radius 1 is 0.438 bits per heavy atom. The number of hydrogen-bond acceptors (Lipinski definition) is 26. The van der Waals surface area contributed by atoms with Crippen LogP contribution < -0.4 is 120 Å². The van der Waals surface area contributed by atoms with E-state index >= 15 is 19.2 Å². The fourth-order valence-electron chi connectivity index (χ4n) is 15.2. The van der Waals surface area contributed by atoms with E-state index in [0.717, 1.165) is 11.8 Å². The molecule has 0 spiro atoms. The number of carboxylic acids is 1. The number of nitrogens with one attached hydrogen (secondary N) is 19. The summed E-state index contributed by atoms with van der Waals surface area (Å²) in [5.74, 6) is -21.6. The number of thiol groups is 1. The summed E-state index contributed by atoms with van der Waals surface area (Å²) in [7, 11) is 0. The lowest BCUT2D eigenvalue weighted by atomic mass is 9.99. The number of rotatable bonds is 56. The minimum Gasteiger partial charge on any atom is -0.508 e. The van der Waals surface area contributed by atoms with Crippen LogP contribution in [0.25, 0.3) is 10.9 Å². The average molecular weight is 1940 g/mol. The fourth-order valence-corrected chi connectivity index (χ4v) is 15.4. The molecular formula is C86H128N28O22S. The number of nitrogens with two attached hydrogens (primary N) is 7. The third-order valence-electron chi connectivity index (χ3n) is 22.5. The van der Waals surface area contributed by atoms with Gasteiger partial charge in [0.2, 0.25) is 100 Å². The highest BCUT2D eigenvalue weighted by Gasteiger charge is 2.44. The van der Waals surface area contributed by atoms with Gasteiger partial charge in [-0.15, -0.1) is 0 Å². The first-order valence-corrected chi connectivity index (χ1v) is 45.1. The van der Waals surface area contributed by atoms with Crippen LogP contribution in [0.5, 0.6) is 11.5 Å². The molecule has 2 fully saturated rings. The Morgan fingerprint density at radius 3 is 1.28 bits per heavy atom. The number of aromatic nitrogens is 1. The number of guanidine groups is 3. The van der Waals surface area contributed by atoms with E-state index in [2.05, 4.69) is 97.4 Å². The molecule has 0 unspecified atom stereocenters. The minimum atomic E-state index is -1.83. The smallest absolute Gasteiger partial charge is 0.326 e. The van der Waals surface area contributed by atoms with Gasteiger partial charge in [-0.3, -0.25) is 97.7 Å². The zero-order chi connectivity index (χ0) is 102. The second kappa shape index (κ2) is 54.6. The number of aliphatic hydroxyl groups is 1. The molecule has 137 heavy (non-hydrogen) atoms. The van der Waals surface area contributed by atoms with Crippen LogP contribution in [0.1, 0.15) is 141 Å². The maximum Gasteiger partial charge on any atom is 0.326 e. The van der Waals surface area contributed by atoms with E-state index in [1.54, 1.807) is 42.6 Å². The minimum absolute atomic E-state index is 0.0153. The summed E-state index contributed by atoms with van der Waals surface area (Å²) in [6, 6.07) is -5.77. The molecule has 51 heteroatoms. The number of likely N-dealkylation sites (tertiary alicyclic amines) is 2. The Morgan fingerprint density at radius 2 is 0.825 bits per heavy atom. The highest BCUT2D eigenvalue weighted by Crippen LogP contribution is 2.25. The van der Waals surface area contributed by atoms with Gasteiger partial charge in [0, 0.05) is 81.3 Å². The number of aromatic amines is 1. The maximum absolute atomic E-state index is 15.2. The normalized spacial score (nSPS) is 16.4. The molecule has 16 atom stereocenters. The van der Waals surface area contributed by atoms with Crippen LogP contribution in [0.3, 0.4) is 0 Å². The molecule has 0 bridgehead atoms. The van der Waals surface area contributed by atoms with Gasteiger partial charge in [0.1, 0.15) is 96.1 Å². The standard InChI is InChI=1S/C86H128N28O22S/c1-42(2)67(79(131)105-55(16-9-33-99-86(95)96)72(124)110-61(41-137)77(129)109-60(39-66(90)120)82(134)114-35-11-18-63(114)83(135)136)111-76(128)59(38-47-40-100-52-13-6-5-12-50(47)52)108-74(126)56(27-29-64(88)118)104-75(127)58(37-46-21-25-49(117)26-22-46)107-71(123)54(15-8-32-98-85(93)94)102-69(121)43(3)101-70(122)53(14-7-31-97-84(91)92)103-73(125)57(28-30-65(89)119)106-80(132)68(44(4)115)112-78(130)62-17-10-34-113(62)81(133)51(87)36-45-19-23-48(116)24-20-45/h5-6,12-13,19-26,40,42-44,51,53-63,67-68,100,115-117,137H,7-11,14-18,27-39,41,87H2,1-4H3,(H2,88,118)(H2,89,119)(H2,90,120)(H,101,122)(H,102,121)(H,103,125)(H,104,127)(H,105,131)(H,106,132)(H,107,123)(H,108,126)(H,109,129)(H,110,124)(H,111,128)(H,112,130)(H,135,136)(H4,91,92,97)(H4,93,94,98)(H4,95,96,99)/t43-,44+,51-,53-,54-,55-,56-,57-,58-,59-,60-,61-,62-,63-,67-,68-/m0/s1. The van der Waals surface area contributed by atoms with Crippen LogP contribution in [0.2, 0.25) is 0 Å². The molecule has 2 aliphatic heterocycles. The maximum atomic E-state index is 15.2. The van der Waals surface area contributed by atoms with Gasteiger partial charge >= 0.3 is 5.97 Å². The van der Waals surface area contributed by atoms with Crippen molar-refractivity contribution in [2.45, 2.75) is 240 Å². The van der Waals surface area contributed by atoms with E-state index in [-0.39, 0.29) is 114 Å². The highest BCUT2D eigenvalue weighted by molar-refractivity contribution is 7.80. The summed E-state index contributed by atoms with van der Waals surface area (Å²) >= 11 is 4.25. The Hall–Kier alpha value is -14.7. The van der Waals surface area contributed by atoms with E-state index in [4.69, 9.17) is 56.4 Å². The van der Waals surface area contributed by atoms with Crippen LogP contribution in [0, 0.1) is 22.1 Å².